The monoisotopic (exact) mass is 238 g/mol. The van der Waals surface area contributed by atoms with Crippen LogP contribution < -0.4 is 5.63 Å². The van der Waals surface area contributed by atoms with Crippen molar-refractivity contribution in [2.45, 2.75) is 34.1 Å². The number of allylic oxidation sites excluding steroid dienone is 2. The molecule has 0 bridgehead atoms. The van der Waals surface area contributed by atoms with Crippen molar-refractivity contribution >= 4 is 5.78 Å². The lowest BCUT2D eigenvalue weighted by atomic mass is 10.1. The first-order chi connectivity index (χ1) is 8.06. The van der Waals surface area contributed by atoms with Crippen molar-refractivity contribution in [3.63, 3.8) is 0 Å². The van der Waals surface area contributed by atoms with Gasteiger partial charge in [-0.1, -0.05) is 26.8 Å². The summed E-state index contributed by atoms with van der Waals surface area (Å²) in [5, 5.41) is 9.43. The summed E-state index contributed by atoms with van der Waals surface area (Å²) in [7, 11) is 0. The largest absolute Gasteiger partial charge is 0.507 e. The predicted molar refractivity (Wildman–Crippen MR) is 66.5 cm³/mol. The van der Waals surface area contributed by atoms with E-state index in [4.69, 9.17) is 4.42 Å². The van der Waals surface area contributed by atoms with E-state index in [0.29, 0.717) is 6.42 Å². The van der Waals surface area contributed by atoms with Gasteiger partial charge >= 0.3 is 5.63 Å². The molecule has 1 N–H and O–H groups in total. The number of hydrogen-bond donors (Lipinski definition) is 1. The van der Waals surface area contributed by atoms with Crippen LogP contribution in [-0.4, -0.2) is 10.9 Å². The summed E-state index contributed by atoms with van der Waals surface area (Å²) in [6.07, 6.45) is 3.55. The van der Waals surface area contributed by atoms with Gasteiger partial charge in [0.05, 0.1) is 0 Å². The standard InChI is InChI=1S/C11H12O4.C2H6/c1-3-4-5-8(12)10-9(13)6-7(2)15-11(10)14;1-2/h4-6,13H,3H2,1-2H3;1-2H3/b5-4+;. The fourth-order valence-corrected chi connectivity index (χ4v) is 1.13. The number of aromatic hydroxyl groups is 1. The second-order valence-corrected chi connectivity index (χ2v) is 3.08. The Kier molecular flexibility index (Phi) is 6.63. The molecule has 0 saturated heterocycles. The average Bonchev–Trinajstić information content (AvgIpc) is 2.27. The van der Waals surface area contributed by atoms with Gasteiger partial charge in [-0.3, -0.25) is 4.79 Å². The van der Waals surface area contributed by atoms with Gasteiger partial charge < -0.3 is 9.52 Å². The number of ketones is 1. The normalized spacial score (nSPS) is 9.88. The van der Waals surface area contributed by atoms with Gasteiger partial charge in [-0.05, 0) is 19.4 Å². The number of carbonyl (C=O) groups is 1. The second kappa shape index (κ2) is 7.44. The third-order valence-electron chi connectivity index (χ3n) is 1.81. The Bertz CT molecular complexity index is 455. The maximum Gasteiger partial charge on any atom is 0.351 e. The van der Waals surface area contributed by atoms with Gasteiger partial charge in [-0.15, -0.1) is 0 Å². The zero-order valence-electron chi connectivity index (χ0n) is 10.6. The molecule has 0 amide bonds. The highest BCUT2D eigenvalue weighted by Crippen LogP contribution is 2.15. The smallest absolute Gasteiger partial charge is 0.351 e. The van der Waals surface area contributed by atoms with Crippen molar-refractivity contribution in [2.75, 3.05) is 0 Å². The molecule has 0 aliphatic carbocycles. The van der Waals surface area contributed by atoms with E-state index in [1.807, 2.05) is 20.8 Å². The molecular weight excluding hydrogens is 220 g/mol. The molecule has 4 heteroatoms. The molecule has 0 spiro atoms. The van der Waals surface area contributed by atoms with Crippen molar-refractivity contribution in [1.82, 2.24) is 0 Å². The Balaban J connectivity index is 0.00000121. The van der Waals surface area contributed by atoms with Crippen LogP contribution in [-0.2, 0) is 0 Å². The van der Waals surface area contributed by atoms with Gasteiger partial charge in [0, 0.05) is 6.07 Å². The number of aryl methyl sites for hydroxylation is 1. The van der Waals surface area contributed by atoms with Crippen molar-refractivity contribution in [1.29, 1.82) is 0 Å². The molecule has 17 heavy (non-hydrogen) atoms. The minimum absolute atomic E-state index is 0.272. The summed E-state index contributed by atoms with van der Waals surface area (Å²) in [6, 6.07) is 1.24. The topological polar surface area (TPSA) is 67.5 Å². The molecule has 0 aliphatic rings. The lowest BCUT2D eigenvalue weighted by Gasteiger charge is -1.99. The molecule has 1 aromatic heterocycles. The van der Waals surface area contributed by atoms with Crippen molar-refractivity contribution in [3.8, 4) is 5.75 Å². The summed E-state index contributed by atoms with van der Waals surface area (Å²) in [4.78, 5) is 22.7. The number of rotatable bonds is 3. The molecule has 1 heterocycles. The van der Waals surface area contributed by atoms with Gasteiger partial charge in [0.15, 0.2) is 5.78 Å². The highest BCUT2D eigenvalue weighted by Gasteiger charge is 2.15. The summed E-state index contributed by atoms with van der Waals surface area (Å²) >= 11 is 0. The first kappa shape index (κ1) is 15.2. The molecular formula is C13H18O4. The minimum Gasteiger partial charge on any atom is -0.507 e. The SMILES string of the molecule is CC.CC/C=C/C(=O)c1c(O)cc(C)oc1=O. The zero-order chi connectivity index (χ0) is 13.4. The van der Waals surface area contributed by atoms with E-state index >= 15 is 0 Å². The molecule has 1 rings (SSSR count). The maximum atomic E-state index is 11.4. The fourth-order valence-electron chi connectivity index (χ4n) is 1.13. The van der Waals surface area contributed by atoms with Crippen LogP contribution in [0, 0.1) is 6.92 Å². The lowest BCUT2D eigenvalue weighted by molar-refractivity contribution is 0.104. The fraction of sp³-hybridized carbons (Fsp3) is 0.385. The van der Waals surface area contributed by atoms with E-state index in [1.165, 1.54) is 19.1 Å². The van der Waals surface area contributed by atoms with E-state index in [2.05, 4.69) is 0 Å². The van der Waals surface area contributed by atoms with Crippen LogP contribution in [0.4, 0.5) is 0 Å². The Morgan fingerprint density at radius 3 is 2.53 bits per heavy atom. The molecule has 1 aromatic rings. The van der Waals surface area contributed by atoms with E-state index in [9.17, 15) is 14.7 Å². The van der Waals surface area contributed by atoms with Gasteiger partial charge in [0.2, 0.25) is 0 Å². The van der Waals surface area contributed by atoms with E-state index in [1.54, 1.807) is 6.08 Å². The Hall–Kier alpha value is -1.84. The first-order valence-corrected chi connectivity index (χ1v) is 5.60. The lowest BCUT2D eigenvalue weighted by Crippen LogP contribution is -2.12. The quantitative estimate of drug-likeness (QED) is 0.649. The third kappa shape index (κ3) is 4.26. The van der Waals surface area contributed by atoms with Crippen molar-refractivity contribution in [2.24, 2.45) is 0 Å². The molecule has 0 aromatic carbocycles. The highest BCUT2D eigenvalue weighted by molar-refractivity contribution is 6.05. The Morgan fingerprint density at radius 2 is 2.06 bits per heavy atom. The van der Waals surface area contributed by atoms with Gasteiger partial charge in [-0.25, -0.2) is 4.79 Å². The van der Waals surface area contributed by atoms with Gasteiger partial charge in [0.25, 0.3) is 0 Å². The van der Waals surface area contributed by atoms with Crippen LogP contribution in [0.3, 0.4) is 0 Å². The van der Waals surface area contributed by atoms with Crippen LogP contribution in [0.15, 0.2) is 27.4 Å². The van der Waals surface area contributed by atoms with Gasteiger partial charge in [-0.2, -0.15) is 0 Å². The summed E-state index contributed by atoms with van der Waals surface area (Å²) in [5.74, 6) is -0.605. The van der Waals surface area contributed by atoms with Crippen LogP contribution in [0.1, 0.15) is 43.3 Å². The van der Waals surface area contributed by atoms with Crippen LogP contribution >= 0.6 is 0 Å². The summed E-state index contributed by atoms with van der Waals surface area (Å²) in [5.41, 5.74) is -1.12. The Labute approximate surface area is 101 Å². The average molecular weight is 238 g/mol. The summed E-state index contributed by atoms with van der Waals surface area (Å²) < 4.78 is 4.72. The molecule has 0 aliphatic heterocycles. The molecule has 0 radical (unpaired) electrons. The van der Waals surface area contributed by atoms with Crippen molar-refractivity contribution < 1.29 is 14.3 Å². The van der Waals surface area contributed by atoms with E-state index in [-0.39, 0.29) is 17.1 Å². The van der Waals surface area contributed by atoms with Gasteiger partial charge in [0.1, 0.15) is 17.1 Å². The zero-order valence-corrected chi connectivity index (χ0v) is 10.6. The number of hydrogen-bond acceptors (Lipinski definition) is 4. The molecule has 0 saturated carbocycles. The third-order valence-corrected chi connectivity index (χ3v) is 1.81. The molecule has 0 unspecified atom stereocenters. The van der Waals surface area contributed by atoms with Crippen LogP contribution in [0.2, 0.25) is 0 Å². The Morgan fingerprint density at radius 1 is 1.47 bits per heavy atom. The molecule has 0 fully saturated rings. The molecule has 0 atom stereocenters. The maximum absolute atomic E-state index is 11.4. The van der Waals surface area contributed by atoms with E-state index < -0.39 is 11.4 Å². The molecule has 94 valence electrons. The first-order valence-electron chi connectivity index (χ1n) is 5.60. The van der Waals surface area contributed by atoms with Crippen LogP contribution in [0.5, 0.6) is 5.75 Å². The molecule has 4 nitrogen and oxygen atoms in total. The number of carbonyl (C=O) groups excluding carboxylic acids is 1. The summed E-state index contributed by atoms with van der Waals surface area (Å²) in [6.45, 7) is 7.39. The predicted octanol–water partition coefficient (Wildman–Crippen LogP) is 2.83. The second-order valence-electron chi connectivity index (χ2n) is 3.08. The highest BCUT2D eigenvalue weighted by atomic mass is 16.4. The van der Waals surface area contributed by atoms with Crippen molar-refractivity contribution in [3.05, 3.63) is 40.0 Å². The van der Waals surface area contributed by atoms with E-state index in [0.717, 1.165) is 0 Å². The minimum atomic E-state index is -0.807. The van der Waals surface area contributed by atoms with Crippen LogP contribution in [0.25, 0.3) is 0 Å².